The van der Waals surface area contributed by atoms with E-state index in [0.29, 0.717) is 23.9 Å². The minimum absolute atomic E-state index is 0.0900. The molecule has 0 aliphatic heterocycles. The molecule has 5 heteroatoms. The van der Waals surface area contributed by atoms with Gasteiger partial charge in [-0.15, -0.1) is 11.3 Å². The lowest BCUT2D eigenvalue weighted by Gasteiger charge is -2.06. The second-order valence-electron chi connectivity index (χ2n) is 4.21. The van der Waals surface area contributed by atoms with Crippen molar-refractivity contribution in [3.63, 3.8) is 0 Å². The molecule has 1 amide bonds. The van der Waals surface area contributed by atoms with Crippen molar-refractivity contribution in [1.82, 2.24) is 10.3 Å². The average molecular weight is 241 g/mol. The lowest BCUT2D eigenvalue weighted by Crippen LogP contribution is -2.25. The van der Waals surface area contributed by atoms with Crippen molar-refractivity contribution >= 4 is 22.4 Å². The van der Waals surface area contributed by atoms with Gasteiger partial charge in [-0.05, 0) is 18.8 Å². The highest BCUT2D eigenvalue weighted by Crippen LogP contribution is 2.12. The zero-order valence-electron chi connectivity index (χ0n) is 9.82. The molecule has 90 valence electrons. The summed E-state index contributed by atoms with van der Waals surface area (Å²) in [5, 5.41) is 5.36. The van der Waals surface area contributed by atoms with Crippen molar-refractivity contribution in [2.24, 2.45) is 5.92 Å². The van der Waals surface area contributed by atoms with Crippen LogP contribution < -0.4 is 11.1 Å². The molecule has 0 aliphatic carbocycles. The highest BCUT2D eigenvalue weighted by Gasteiger charge is 2.04. The first kappa shape index (κ1) is 13.0. The summed E-state index contributed by atoms with van der Waals surface area (Å²) < 4.78 is 0. The summed E-state index contributed by atoms with van der Waals surface area (Å²) in [6.45, 7) is 5.05. The molecular weight excluding hydrogens is 222 g/mol. The summed E-state index contributed by atoms with van der Waals surface area (Å²) >= 11 is 1.41. The average Bonchev–Trinajstić information content (AvgIpc) is 2.61. The Balaban J connectivity index is 2.15. The van der Waals surface area contributed by atoms with Gasteiger partial charge in [-0.3, -0.25) is 4.79 Å². The van der Waals surface area contributed by atoms with E-state index >= 15 is 0 Å². The predicted molar refractivity (Wildman–Crippen MR) is 67.3 cm³/mol. The number of nitrogen functional groups attached to an aromatic ring is 1. The van der Waals surface area contributed by atoms with Crippen molar-refractivity contribution < 1.29 is 4.79 Å². The molecule has 0 saturated carbocycles. The lowest BCUT2D eigenvalue weighted by atomic mass is 10.1. The molecule has 1 rings (SSSR count). The van der Waals surface area contributed by atoms with E-state index in [1.165, 1.54) is 11.3 Å². The first-order valence-corrected chi connectivity index (χ1v) is 6.42. The number of nitrogens with one attached hydrogen (secondary N) is 1. The van der Waals surface area contributed by atoms with E-state index < -0.39 is 0 Å². The Morgan fingerprint density at radius 2 is 2.38 bits per heavy atom. The van der Waals surface area contributed by atoms with Gasteiger partial charge < -0.3 is 11.1 Å². The van der Waals surface area contributed by atoms with Crippen LogP contribution in [-0.4, -0.2) is 17.4 Å². The quantitative estimate of drug-likeness (QED) is 0.798. The number of carbonyl (C=O) groups excluding carboxylic acids is 1. The number of aryl methyl sites for hydroxylation is 1. The summed E-state index contributed by atoms with van der Waals surface area (Å²) in [7, 11) is 0. The minimum Gasteiger partial charge on any atom is -0.375 e. The van der Waals surface area contributed by atoms with E-state index in [4.69, 9.17) is 5.73 Å². The molecule has 1 heterocycles. The van der Waals surface area contributed by atoms with Crippen LogP contribution in [0.15, 0.2) is 5.38 Å². The maximum absolute atomic E-state index is 11.4. The van der Waals surface area contributed by atoms with E-state index in [0.717, 1.165) is 18.7 Å². The van der Waals surface area contributed by atoms with Crippen molar-refractivity contribution in [1.29, 1.82) is 0 Å². The van der Waals surface area contributed by atoms with Crippen LogP contribution in [0.25, 0.3) is 0 Å². The van der Waals surface area contributed by atoms with Crippen LogP contribution in [0.5, 0.6) is 0 Å². The zero-order chi connectivity index (χ0) is 12.0. The van der Waals surface area contributed by atoms with Crippen molar-refractivity contribution in [3.05, 3.63) is 11.1 Å². The van der Waals surface area contributed by atoms with Crippen LogP contribution in [0.3, 0.4) is 0 Å². The van der Waals surface area contributed by atoms with Gasteiger partial charge in [-0.25, -0.2) is 4.98 Å². The van der Waals surface area contributed by atoms with E-state index in [1.54, 1.807) is 0 Å². The van der Waals surface area contributed by atoms with E-state index in [9.17, 15) is 4.79 Å². The number of nitrogens with zero attached hydrogens (tertiary/aromatic N) is 1. The molecule has 4 nitrogen and oxygen atoms in total. The SMILES string of the molecule is CC(C)CCNC(=O)CCc1csc(N)n1. The molecule has 0 saturated heterocycles. The Kier molecular flexibility index (Phi) is 5.25. The van der Waals surface area contributed by atoms with Gasteiger partial charge in [0.05, 0.1) is 5.69 Å². The zero-order valence-corrected chi connectivity index (χ0v) is 10.6. The summed E-state index contributed by atoms with van der Waals surface area (Å²) in [4.78, 5) is 15.5. The van der Waals surface area contributed by atoms with Gasteiger partial charge in [0.2, 0.25) is 5.91 Å². The Morgan fingerprint density at radius 3 is 2.94 bits per heavy atom. The third-order valence-corrected chi connectivity index (χ3v) is 2.94. The number of hydrogen-bond donors (Lipinski definition) is 2. The molecule has 0 aromatic carbocycles. The molecule has 16 heavy (non-hydrogen) atoms. The predicted octanol–water partition coefficient (Wildman–Crippen LogP) is 1.82. The van der Waals surface area contributed by atoms with Gasteiger partial charge in [0.1, 0.15) is 0 Å². The number of amides is 1. The van der Waals surface area contributed by atoms with Crippen LogP contribution in [0.4, 0.5) is 5.13 Å². The topological polar surface area (TPSA) is 68.0 Å². The van der Waals surface area contributed by atoms with Crippen LogP contribution in [0, 0.1) is 5.92 Å². The minimum atomic E-state index is 0.0900. The highest BCUT2D eigenvalue weighted by atomic mass is 32.1. The van der Waals surface area contributed by atoms with Gasteiger partial charge in [0.25, 0.3) is 0 Å². The molecule has 0 atom stereocenters. The number of anilines is 1. The number of nitrogens with two attached hydrogens (primary N) is 1. The van der Waals surface area contributed by atoms with Crippen molar-refractivity contribution in [2.45, 2.75) is 33.1 Å². The fourth-order valence-electron chi connectivity index (χ4n) is 1.27. The Bertz CT molecular complexity index is 336. The maximum atomic E-state index is 11.4. The summed E-state index contributed by atoms with van der Waals surface area (Å²) in [6, 6.07) is 0. The van der Waals surface area contributed by atoms with Crippen LogP contribution in [-0.2, 0) is 11.2 Å². The number of rotatable bonds is 6. The van der Waals surface area contributed by atoms with Gasteiger partial charge in [-0.2, -0.15) is 0 Å². The van der Waals surface area contributed by atoms with Crippen LogP contribution >= 0.6 is 11.3 Å². The molecule has 0 spiro atoms. The Labute approximate surface area is 100 Å². The molecule has 0 unspecified atom stereocenters. The molecule has 0 bridgehead atoms. The third-order valence-electron chi connectivity index (χ3n) is 2.22. The van der Waals surface area contributed by atoms with Crippen molar-refractivity contribution in [2.75, 3.05) is 12.3 Å². The molecule has 0 radical (unpaired) electrons. The summed E-state index contributed by atoms with van der Waals surface area (Å²) in [5.74, 6) is 0.714. The normalized spacial score (nSPS) is 10.7. The molecule has 1 aromatic rings. The standard InChI is InChI=1S/C11H19N3OS/c1-8(2)5-6-13-10(15)4-3-9-7-16-11(12)14-9/h7-8H,3-6H2,1-2H3,(H2,12,14)(H,13,15). The third kappa shape index (κ3) is 5.11. The lowest BCUT2D eigenvalue weighted by molar-refractivity contribution is -0.121. The molecule has 0 fully saturated rings. The molecule has 1 aromatic heterocycles. The molecule has 3 N–H and O–H groups in total. The number of thiazole rings is 1. The first-order valence-electron chi connectivity index (χ1n) is 5.54. The fraction of sp³-hybridized carbons (Fsp3) is 0.636. The van der Waals surface area contributed by atoms with E-state index in [1.807, 2.05) is 5.38 Å². The Morgan fingerprint density at radius 1 is 1.62 bits per heavy atom. The Hall–Kier alpha value is -1.10. The van der Waals surface area contributed by atoms with E-state index in [2.05, 4.69) is 24.1 Å². The maximum Gasteiger partial charge on any atom is 0.220 e. The van der Waals surface area contributed by atoms with Gasteiger partial charge in [-0.1, -0.05) is 13.8 Å². The van der Waals surface area contributed by atoms with Gasteiger partial charge >= 0.3 is 0 Å². The second-order valence-corrected chi connectivity index (χ2v) is 5.10. The van der Waals surface area contributed by atoms with Gasteiger partial charge in [0.15, 0.2) is 5.13 Å². The van der Waals surface area contributed by atoms with Gasteiger partial charge in [0, 0.05) is 18.3 Å². The molecule has 0 aliphatic rings. The smallest absolute Gasteiger partial charge is 0.220 e. The number of carbonyl (C=O) groups is 1. The number of aromatic nitrogens is 1. The molecular formula is C11H19N3OS. The van der Waals surface area contributed by atoms with Crippen LogP contribution in [0.2, 0.25) is 0 Å². The van der Waals surface area contributed by atoms with Crippen molar-refractivity contribution in [3.8, 4) is 0 Å². The highest BCUT2D eigenvalue weighted by molar-refractivity contribution is 7.13. The first-order chi connectivity index (χ1) is 7.58. The summed E-state index contributed by atoms with van der Waals surface area (Å²) in [5.41, 5.74) is 6.41. The summed E-state index contributed by atoms with van der Waals surface area (Å²) in [6.07, 6.45) is 2.18. The largest absolute Gasteiger partial charge is 0.375 e. The monoisotopic (exact) mass is 241 g/mol. The number of hydrogen-bond acceptors (Lipinski definition) is 4. The van der Waals surface area contributed by atoms with Crippen LogP contribution in [0.1, 0.15) is 32.4 Å². The second kappa shape index (κ2) is 6.48. The fourth-order valence-corrected chi connectivity index (χ4v) is 1.87. The van der Waals surface area contributed by atoms with E-state index in [-0.39, 0.29) is 5.91 Å².